The molecule has 0 amide bonds. The second-order valence-corrected chi connectivity index (χ2v) is 4.89. The molecular weight excluding hydrogens is 323 g/mol. The lowest BCUT2D eigenvalue weighted by Crippen LogP contribution is -2.27. The van der Waals surface area contributed by atoms with Crippen molar-refractivity contribution in [3.8, 4) is 5.75 Å². The summed E-state index contributed by atoms with van der Waals surface area (Å²) in [7, 11) is -5.94. The van der Waals surface area contributed by atoms with Crippen molar-refractivity contribution in [2.24, 2.45) is 0 Å². The minimum atomic E-state index is -5.94. The van der Waals surface area contributed by atoms with Gasteiger partial charge in [0.1, 0.15) is 12.1 Å². The Bertz CT molecular complexity index is 733. The second-order valence-electron chi connectivity index (χ2n) is 3.35. The Morgan fingerprint density at radius 3 is 2.24 bits per heavy atom. The number of halogens is 5. The van der Waals surface area contributed by atoms with Gasteiger partial charge in [0.25, 0.3) is 0 Å². The molecule has 21 heavy (non-hydrogen) atoms. The predicted octanol–water partition coefficient (Wildman–Crippen LogP) is 3.97. The van der Waals surface area contributed by atoms with Crippen LogP contribution in [-0.4, -0.2) is 13.9 Å². The van der Waals surface area contributed by atoms with Gasteiger partial charge < -0.3 is 8.60 Å². The molecule has 2 rings (SSSR count). The lowest BCUT2D eigenvalue weighted by atomic mass is 10.2. The summed E-state index contributed by atoms with van der Waals surface area (Å²) < 4.78 is 92.1. The molecule has 118 valence electrons. The van der Waals surface area contributed by atoms with E-state index in [1.165, 1.54) is 0 Å². The number of furan rings is 1. The van der Waals surface area contributed by atoms with Crippen LogP contribution in [-0.2, 0) is 10.1 Å². The van der Waals surface area contributed by atoms with Gasteiger partial charge in [0, 0.05) is 6.07 Å². The van der Waals surface area contributed by atoms with Crippen molar-refractivity contribution in [3.63, 3.8) is 0 Å². The van der Waals surface area contributed by atoms with Crippen LogP contribution in [0, 0.1) is 11.6 Å². The molecule has 0 saturated heterocycles. The molecule has 0 aliphatic rings. The van der Waals surface area contributed by atoms with Crippen molar-refractivity contribution in [3.05, 3.63) is 30.0 Å². The topological polar surface area (TPSA) is 56.5 Å². The first-order chi connectivity index (χ1) is 9.62. The first kappa shape index (κ1) is 17.2. The van der Waals surface area contributed by atoms with E-state index in [9.17, 15) is 30.4 Å². The molecule has 4 nitrogen and oxygen atoms in total. The zero-order valence-corrected chi connectivity index (χ0v) is 11.5. The maximum atomic E-state index is 13.2. The zero-order valence-electron chi connectivity index (χ0n) is 10.7. The quantitative estimate of drug-likeness (QED) is 0.474. The monoisotopic (exact) mass is 332 g/mol. The number of hydrogen-bond acceptors (Lipinski definition) is 4. The van der Waals surface area contributed by atoms with Gasteiger partial charge in [0.15, 0.2) is 17.1 Å². The Hall–Kier alpha value is -1.84. The normalized spacial score (nSPS) is 12.0. The maximum absolute atomic E-state index is 13.2. The van der Waals surface area contributed by atoms with Crippen LogP contribution in [0.3, 0.4) is 0 Å². The SMILES string of the molecule is CC.O=S(=O)(Oc1coc2c(F)cc(F)cc12)C(F)(F)F. The van der Waals surface area contributed by atoms with E-state index >= 15 is 0 Å². The van der Waals surface area contributed by atoms with E-state index in [2.05, 4.69) is 8.60 Å². The van der Waals surface area contributed by atoms with E-state index in [0.29, 0.717) is 18.4 Å². The van der Waals surface area contributed by atoms with Gasteiger partial charge in [0.2, 0.25) is 0 Å². The Kier molecular flexibility index (Phi) is 4.82. The standard InChI is InChI=1S/C9H3F5O4S.C2H6/c10-4-1-5-7(3-17-8(5)6(11)2-4)18-19(15,16)9(12,13)14;1-2/h1-3H;1-2H3. The van der Waals surface area contributed by atoms with Gasteiger partial charge in [-0.3, -0.25) is 0 Å². The first-order valence-corrected chi connectivity index (χ1v) is 6.89. The number of rotatable bonds is 2. The molecule has 1 aromatic carbocycles. The molecule has 1 heterocycles. The fourth-order valence-electron chi connectivity index (χ4n) is 1.27. The predicted molar refractivity (Wildman–Crippen MR) is 63.1 cm³/mol. The first-order valence-electron chi connectivity index (χ1n) is 5.49. The van der Waals surface area contributed by atoms with Crippen LogP contribution in [0.1, 0.15) is 13.8 Å². The Balaban J connectivity index is 0.00000106. The summed E-state index contributed by atoms with van der Waals surface area (Å²) in [5, 5.41) is -0.565. The molecule has 1 aromatic heterocycles. The Morgan fingerprint density at radius 1 is 1.14 bits per heavy atom. The summed E-state index contributed by atoms with van der Waals surface area (Å²) in [4.78, 5) is 0. The van der Waals surface area contributed by atoms with E-state index in [-0.39, 0.29) is 0 Å². The molecule has 0 spiro atoms. The second kappa shape index (κ2) is 5.88. The molecule has 0 aliphatic heterocycles. The molecule has 0 unspecified atom stereocenters. The van der Waals surface area contributed by atoms with Gasteiger partial charge in [-0.15, -0.1) is 0 Å². The van der Waals surface area contributed by atoms with Crippen LogP contribution in [0.4, 0.5) is 22.0 Å². The third kappa shape index (κ3) is 3.43. The number of hydrogen-bond donors (Lipinski definition) is 0. The average Bonchev–Trinajstić information content (AvgIpc) is 2.73. The van der Waals surface area contributed by atoms with Gasteiger partial charge in [-0.05, 0) is 6.07 Å². The van der Waals surface area contributed by atoms with E-state index in [1.807, 2.05) is 13.8 Å². The third-order valence-electron chi connectivity index (χ3n) is 2.04. The van der Waals surface area contributed by atoms with Gasteiger partial charge in [0.05, 0.1) is 5.39 Å². The minimum Gasteiger partial charge on any atom is -0.457 e. The molecule has 0 saturated carbocycles. The highest BCUT2D eigenvalue weighted by Crippen LogP contribution is 2.34. The van der Waals surface area contributed by atoms with E-state index in [4.69, 9.17) is 0 Å². The molecule has 0 atom stereocenters. The van der Waals surface area contributed by atoms with E-state index < -0.39 is 44.0 Å². The van der Waals surface area contributed by atoms with E-state index in [0.717, 1.165) is 0 Å². The number of alkyl halides is 3. The Labute approximate surface area is 116 Å². The molecule has 0 aliphatic carbocycles. The summed E-state index contributed by atoms with van der Waals surface area (Å²) in [5.74, 6) is -3.28. The summed E-state index contributed by atoms with van der Waals surface area (Å²) in [5.41, 5.74) is -6.28. The van der Waals surface area contributed by atoms with Gasteiger partial charge in [-0.25, -0.2) is 8.78 Å². The van der Waals surface area contributed by atoms with Crippen molar-refractivity contribution in [2.45, 2.75) is 19.4 Å². The summed E-state index contributed by atoms with van der Waals surface area (Å²) in [6, 6.07) is 1.01. The fourth-order valence-corrected chi connectivity index (χ4v) is 1.73. The molecule has 0 N–H and O–H groups in total. The van der Waals surface area contributed by atoms with Crippen LogP contribution in [0.5, 0.6) is 5.75 Å². The average molecular weight is 332 g/mol. The van der Waals surface area contributed by atoms with Gasteiger partial charge >= 0.3 is 15.6 Å². The van der Waals surface area contributed by atoms with E-state index in [1.54, 1.807) is 0 Å². The summed E-state index contributed by atoms with van der Waals surface area (Å²) >= 11 is 0. The van der Waals surface area contributed by atoms with Crippen LogP contribution < -0.4 is 4.18 Å². The largest absolute Gasteiger partial charge is 0.534 e. The van der Waals surface area contributed by atoms with Crippen LogP contribution >= 0.6 is 0 Å². The minimum absolute atomic E-state index is 0.424. The van der Waals surface area contributed by atoms with Crippen molar-refractivity contribution >= 4 is 21.1 Å². The third-order valence-corrected chi connectivity index (χ3v) is 3.01. The van der Waals surface area contributed by atoms with Gasteiger partial charge in [-0.2, -0.15) is 21.6 Å². The van der Waals surface area contributed by atoms with Crippen molar-refractivity contribution in [1.29, 1.82) is 0 Å². The Morgan fingerprint density at radius 2 is 1.71 bits per heavy atom. The lowest BCUT2D eigenvalue weighted by molar-refractivity contribution is -0.0499. The number of fused-ring (bicyclic) bond motifs is 1. The molecule has 0 bridgehead atoms. The number of benzene rings is 1. The van der Waals surface area contributed by atoms with Crippen LogP contribution in [0.2, 0.25) is 0 Å². The van der Waals surface area contributed by atoms with Crippen molar-refractivity contribution < 1.29 is 39.0 Å². The molecule has 2 aromatic rings. The van der Waals surface area contributed by atoms with Gasteiger partial charge in [-0.1, -0.05) is 13.8 Å². The zero-order chi connectivity index (χ0) is 16.4. The molecular formula is C11H9F5O4S. The summed E-state index contributed by atoms with van der Waals surface area (Å²) in [6.07, 6.45) is 0.441. The van der Waals surface area contributed by atoms with Crippen molar-refractivity contribution in [2.75, 3.05) is 0 Å². The van der Waals surface area contributed by atoms with Crippen LogP contribution in [0.25, 0.3) is 11.0 Å². The smallest absolute Gasteiger partial charge is 0.457 e. The molecule has 0 radical (unpaired) electrons. The summed E-state index contributed by atoms with van der Waals surface area (Å²) in [6.45, 7) is 4.00. The van der Waals surface area contributed by atoms with Crippen molar-refractivity contribution in [1.82, 2.24) is 0 Å². The maximum Gasteiger partial charge on any atom is 0.534 e. The lowest BCUT2D eigenvalue weighted by Gasteiger charge is -2.07. The molecule has 0 fully saturated rings. The van der Waals surface area contributed by atoms with Crippen LogP contribution in [0.15, 0.2) is 22.8 Å². The fraction of sp³-hybridized carbons (Fsp3) is 0.273. The highest BCUT2D eigenvalue weighted by atomic mass is 32.2. The highest BCUT2D eigenvalue weighted by molar-refractivity contribution is 7.88. The highest BCUT2D eigenvalue weighted by Gasteiger charge is 2.49. The molecule has 10 heteroatoms.